The summed E-state index contributed by atoms with van der Waals surface area (Å²) in [5.74, 6) is 0.225. The number of anilines is 1. The van der Waals surface area contributed by atoms with Gasteiger partial charge in [0.2, 0.25) is 11.8 Å². The lowest BCUT2D eigenvalue weighted by atomic mass is 10.1. The summed E-state index contributed by atoms with van der Waals surface area (Å²) in [6.07, 6.45) is -4.29. The van der Waals surface area contributed by atoms with E-state index in [-0.39, 0.29) is 31.2 Å². The van der Waals surface area contributed by atoms with Gasteiger partial charge >= 0.3 is 6.18 Å². The summed E-state index contributed by atoms with van der Waals surface area (Å²) >= 11 is 0. The summed E-state index contributed by atoms with van der Waals surface area (Å²) in [5.41, 5.74) is 0.964. The highest BCUT2D eigenvalue weighted by atomic mass is 19.4. The van der Waals surface area contributed by atoms with Crippen LogP contribution in [0.5, 0.6) is 5.75 Å². The molecular weight excluding hydrogens is 435 g/mol. The van der Waals surface area contributed by atoms with Crippen molar-refractivity contribution in [1.29, 1.82) is 0 Å². The molecule has 0 unspecified atom stereocenters. The number of carbonyl (C=O) groups excluding carboxylic acids is 2. The van der Waals surface area contributed by atoms with Crippen molar-refractivity contribution < 1.29 is 27.5 Å². The fourth-order valence-corrected chi connectivity index (χ4v) is 3.66. The van der Waals surface area contributed by atoms with Crippen molar-refractivity contribution in [1.82, 2.24) is 9.80 Å². The van der Waals surface area contributed by atoms with Crippen LogP contribution in [0.2, 0.25) is 0 Å². The van der Waals surface area contributed by atoms with Gasteiger partial charge in [-0.15, -0.1) is 0 Å². The van der Waals surface area contributed by atoms with E-state index in [4.69, 9.17) is 4.74 Å². The number of halogens is 3. The van der Waals surface area contributed by atoms with Gasteiger partial charge in [0.25, 0.3) is 0 Å². The van der Waals surface area contributed by atoms with Crippen LogP contribution in [0.25, 0.3) is 0 Å². The van der Waals surface area contributed by atoms with Gasteiger partial charge in [-0.2, -0.15) is 13.2 Å². The van der Waals surface area contributed by atoms with Crippen LogP contribution in [-0.2, 0) is 15.8 Å². The summed E-state index contributed by atoms with van der Waals surface area (Å²) in [7, 11) is 0. The molecule has 2 aromatic rings. The maximum Gasteiger partial charge on any atom is 0.418 e. The van der Waals surface area contributed by atoms with E-state index in [1.54, 1.807) is 4.90 Å². The van der Waals surface area contributed by atoms with Crippen LogP contribution < -0.4 is 10.1 Å². The van der Waals surface area contributed by atoms with Crippen LogP contribution in [0.1, 0.15) is 23.1 Å². The number of rotatable bonds is 7. The summed E-state index contributed by atoms with van der Waals surface area (Å²) < 4.78 is 45.0. The van der Waals surface area contributed by atoms with Crippen molar-refractivity contribution in [3.05, 3.63) is 59.2 Å². The molecule has 1 saturated heterocycles. The molecule has 0 bridgehead atoms. The normalized spacial score (nSPS) is 14.8. The van der Waals surface area contributed by atoms with E-state index in [1.165, 1.54) is 18.2 Å². The van der Waals surface area contributed by atoms with E-state index < -0.39 is 17.6 Å². The Morgan fingerprint density at radius 3 is 2.42 bits per heavy atom. The first-order valence-corrected chi connectivity index (χ1v) is 10.8. The molecule has 0 radical (unpaired) electrons. The monoisotopic (exact) mass is 463 g/mol. The van der Waals surface area contributed by atoms with Crippen LogP contribution in [0.3, 0.4) is 0 Å². The second-order valence-electron chi connectivity index (χ2n) is 8.12. The lowest BCUT2D eigenvalue weighted by Gasteiger charge is -2.34. The fraction of sp³-hybridized carbons (Fsp3) is 0.417. The summed E-state index contributed by atoms with van der Waals surface area (Å²) in [5, 5.41) is 2.35. The third kappa shape index (κ3) is 6.95. The highest BCUT2D eigenvalue weighted by molar-refractivity contribution is 5.93. The zero-order chi connectivity index (χ0) is 24.0. The molecule has 0 aliphatic carbocycles. The number of para-hydroxylation sites is 1. The van der Waals surface area contributed by atoms with Crippen molar-refractivity contribution in [2.45, 2.75) is 26.4 Å². The van der Waals surface area contributed by atoms with Crippen molar-refractivity contribution in [2.24, 2.45) is 0 Å². The molecule has 0 saturated carbocycles. The van der Waals surface area contributed by atoms with E-state index in [0.717, 1.165) is 22.9 Å². The number of carbonyl (C=O) groups is 2. The molecule has 2 amide bonds. The molecule has 0 aromatic heterocycles. The zero-order valence-electron chi connectivity index (χ0n) is 18.7. The number of piperazine rings is 1. The van der Waals surface area contributed by atoms with Crippen LogP contribution >= 0.6 is 0 Å². The fourth-order valence-electron chi connectivity index (χ4n) is 3.66. The molecule has 1 aliphatic heterocycles. The standard InChI is InChI=1S/C24H28F3N3O3/c1-17-7-8-18(2)21(15-17)33-14-9-23(32)30-12-10-29(11-13-30)16-22(31)28-20-6-4-3-5-19(20)24(25,26)27/h3-8,15H,9-14,16H2,1-2H3,(H,28,31). The molecule has 1 fully saturated rings. The Morgan fingerprint density at radius 1 is 1.03 bits per heavy atom. The van der Waals surface area contributed by atoms with Gasteiger partial charge in [0, 0.05) is 26.2 Å². The molecule has 0 atom stereocenters. The van der Waals surface area contributed by atoms with E-state index in [0.29, 0.717) is 26.2 Å². The quantitative estimate of drug-likeness (QED) is 0.677. The number of nitrogens with one attached hydrogen (secondary N) is 1. The Morgan fingerprint density at radius 2 is 1.73 bits per heavy atom. The molecule has 33 heavy (non-hydrogen) atoms. The summed E-state index contributed by atoms with van der Waals surface area (Å²) in [6, 6.07) is 10.8. The summed E-state index contributed by atoms with van der Waals surface area (Å²) in [6.45, 7) is 6.02. The SMILES string of the molecule is Cc1ccc(C)c(OCCC(=O)N2CCN(CC(=O)Nc3ccccc3C(F)(F)F)CC2)c1. The smallest absolute Gasteiger partial charge is 0.418 e. The molecule has 1 heterocycles. The largest absolute Gasteiger partial charge is 0.493 e. The molecule has 2 aromatic carbocycles. The predicted molar refractivity (Wildman–Crippen MR) is 119 cm³/mol. The van der Waals surface area contributed by atoms with Gasteiger partial charge in [0.05, 0.1) is 30.8 Å². The van der Waals surface area contributed by atoms with Crippen LogP contribution in [0.15, 0.2) is 42.5 Å². The molecule has 6 nitrogen and oxygen atoms in total. The Labute approximate surface area is 191 Å². The lowest BCUT2D eigenvalue weighted by molar-refractivity contribution is -0.137. The zero-order valence-corrected chi connectivity index (χ0v) is 18.7. The van der Waals surface area contributed by atoms with Crippen molar-refractivity contribution in [3.63, 3.8) is 0 Å². The number of alkyl halides is 3. The first-order valence-electron chi connectivity index (χ1n) is 10.8. The summed E-state index contributed by atoms with van der Waals surface area (Å²) in [4.78, 5) is 28.3. The topological polar surface area (TPSA) is 61.9 Å². The van der Waals surface area contributed by atoms with Gasteiger partial charge in [-0.1, -0.05) is 24.3 Å². The average molecular weight is 464 g/mol. The molecule has 1 N–H and O–H groups in total. The van der Waals surface area contributed by atoms with Gasteiger partial charge in [-0.3, -0.25) is 14.5 Å². The number of nitrogens with zero attached hydrogens (tertiary/aromatic N) is 2. The molecular formula is C24H28F3N3O3. The van der Waals surface area contributed by atoms with Crippen LogP contribution in [0, 0.1) is 13.8 Å². The van der Waals surface area contributed by atoms with Gasteiger partial charge in [-0.25, -0.2) is 0 Å². The maximum absolute atomic E-state index is 13.1. The number of hydrogen-bond donors (Lipinski definition) is 1. The molecule has 3 rings (SSSR count). The second kappa shape index (κ2) is 10.7. The number of amides is 2. The first-order chi connectivity index (χ1) is 15.6. The lowest BCUT2D eigenvalue weighted by Crippen LogP contribution is -2.50. The van der Waals surface area contributed by atoms with E-state index in [9.17, 15) is 22.8 Å². The van der Waals surface area contributed by atoms with Crippen molar-refractivity contribution in [3.8, 4) is 5.75 Å². The third-order valence-corrected chi connectivity index (χ3v) is 5.52. The van der Waals surface area contributed by atoms with E-state index >= 15 is 0 Å². The van der Waals surface area contributed by atoms with E-state index in [2.05, 4.69) is 5.32 Å². The first kappa shape index (κ1) is 24.6. The van der Waals surface area contributed by atoms with Crippen molar-refractivity contribution >= 4 is 17.5 Å². The van der Waals surface area contributed by atoms with E-state index in [1.807, 2.05) is 36.9 Å². The average Bonchev–Trinajstić information content (AvgIpc) is 2.76. The predicted octanol–water partition coefficient (Wildman–Crippen LogP) is 3.87. The minimum Gasteiger partial charge on any atom is -0.493 e. The molecule has 1 aliphatic rings. The number of aryl methyl sites for hydroxylation is 2. The van der Waals surface area contributed by atoms with Crippen LogP contribution in [-0.4, -0.2) is 60.9 Å². The molecule has 178 valence electrons. The highest BCUT2D eigenvalue weighted by Crippen LogP contribution is 2.34. The van der Waals surface area contributed by atoms with Gasteiger partial charge in [-0.05, 0) is 43.2 Å². The molecule has 9 heteroatoms. The Kier molecular flexibility index (Phi) is 7.97. The number of ether oxygens (including phenoxy) is 1. The Balaban J connectivity index is 1.42. The number of benzene rings is 2. The van der Waals surface area contributed by atoms with Gasteiger partial charge in [0.1, 0.15) is 5.75 Å². The molecule has 0 spiro atoms. The minimum atomic E-state index is -4.54. The Hall–Kier alpha value is -3.07. The van der Waals surface area contributed by atoms with Gasteiger partial charge in [0.15, 0.2) is 0 Å². The number of hydrogen-bond acceptors (Lipinski definition) is 4. The van der Waals surface area contributed by atoms with Crippen molar-refractivity contribution in [2.75, 3.05) is 44.6 Å². The maximum atomic E-state index is 13.1. The van der Waals surface area contributed by atoms with Crippen LogP contribution in [0.4, 0.5) is 18.9 Å². The minimum absolute atomic E-state index is 0.0245. The van der Waals surface area contributed by atoms with Gasteiger partial charge < -0.3 is 15.0 Å². The second-order valence-corrected chi connectivity index (χ2v) is 8.12. The highest BCUT2D eigenvalue weighted by Gasteiger charge is 2.33. The third-order valence-electron chi connectivity index (χ3n) is 5.52. The Bertz CT molecular complexity index is 986.